The molecule has 1 fully saturated rings. The molecule has 2 amide bonds. The number of fused-ring (bicyclic) bond motifs is 1. The van der Waals surface area contributed by atoms with Gasteiger partial charge in [0, 0.05) is 13.1 Å². The molecule has 2 aliphatic rings. The molecule has 2 aromatic carbocycles. The van der Waals surface area contributed by atoms with E-state index in [0.717, 1.165) is 29.9 Å². The molecule has 5 rings (SSSR count). The van der Waals surface area contributed by atoms with Crippen molar-refractivity contribution in [2.45, 2.75) is 50.9 Å². The maximum atomic E-state index is 13.3. The van der Waals surface area contributed by atoms with E-state index in [1.807, 2.05) is 55.5 Å². The number of morpholine rings is 1. The number of carbonyl (C=O) groups excluding carboxylic acids is 1. The summed E-state index contributed by atoms with van der Waals surface area (Å²) in [5, 5.41) is 21.7. The quantitative estimate of drug-likeness (QED) is 0.458. The minimum absolute atomic E-state index is 0.0492. The molecule has 1 aliphatic heterocycles. The number of benzene rings is 2. The zero-order valence-electron chi connectivity index (χ0n) is 22.5. The van der Waals surface area contributed by atoms with Crippen LogP contribution in [0.15, 0.2) is 54.6 Å². The molecule has 3 N–H and O–H groups in total. The number of ether oxygens (including phenoxy) is 2. The number of para-hydroxylation sites is 1. The van der Waals surface area contributed by atoms with Gasteiger partial charge in [-0.05, 0) is 49.1 Å². The summed E-state index contributed by atoms with van der Waals surface area (Å²) in [5.41, 5.74) is 3.38. The standard InChI is InChI=1S/C29H37N5O4/c1-19-26(31-28(36)30-25-22-12-8-9-13-23(22)29(2,3)16-24(25)35)34(20-10-6-5-7-11-20)32-27(19)38-18-21-17-33(4)14-15-37-21/h5-13,21,24-25,35H,14-18H2,1-4H3,(H2,30,31,36)/t21?,24-,25-/m0/s1. The number of anilines is 1. The van der Waals surface area contributed by atoms with E-state index >= 15 is 0 Å². The van der Waals surface area contributed by atoms with Crippen molar-refractivity contribution in [3.63, 3.8) is 0 Å². The summed E-state index contributed by atoms with van der Waals surface area (Å²) in [6.07, 6.45) is -0.211. The highest BCUT2D eigenvalue weighted by atomic mass is 16.5. The third-order valence-electron chi connectivity index (χ3n) is 7.47. The Bertz CT molecular complexity index is 1280. The minimum atomic E-state index is -0.710. The highest BCUT2D eigenvalue weighted by molar-refractivity contribution is 5.90. The van der Waals surface area contributed by atoms with Crippen molar-refractivity contribution in [3.8, 4) is 11.6 Å². The smallest absolute Gasteiger partial charge is 0.320 e. The predicted molar refractivity (Wildman–Crippen MR) is 146 cm³/mol. The molecular weight excluding hydrogens is 482 g/mol. The summed E-state index contributed by atoms with van der Waals surface area (Å²) in [7, 11) is 2.06. The van der Waals surface area contributed by atoms with Crippen LogP contribution in [0.4, 0.5) is 10.6 Å². The number of hydrogen-bond acceptors (Lipinski definition) is 6. The number of nitrogens with one attached hydrogen (secondary N) is 2. The van der Waals surface area contributed by atoms with Gasteiger partial charge in [-0.1, -0.05) is 56.3 Å². The number of rotatable bonds is 6. The van der Waals surface area contributed by atoms with Crippen LogP contribution in [0.1, 0.15) is 43.0 Å². The van der Waals surface area contributed by atoms with Gasteiger partial charge in [0.2, 0.25) is 5.88 Å². The molecule has 9 heteroatoms. The molecule has 3 atom stereocenters. The predicted octanol–water partition coefficient (Wildman–Crippen LogP) is 3.80. The monoisotopic (exact) mass is 519 g/mol. The average molecular weight is 520 g/mol. The van der Waals surface area contributed by atoms with Crippen molar-refractivity contribution >= 4 is 11.8 Å². The molecule has 0 saturated carbocycles. The number of likely N-dealkylation sites (N-methyl/N-ethyl adjacent to an activating group) is 1. The van der Waals surface area contributed by atoms with Gasteiger partial charge in [0.15, 0.2) is 0 Å². The van der Waals surface area contributed by atoms with Gasteiger partial charge in [-0.15, -0.1) is 5.10 Å². The first-order chi connectivity index (χ1) is 18.2. The molecule has 1 saturated heterocycles. The van der Waals surface area contributed by atoms with Crippen LogP contribution in [0.3, 0.4) is 0 Å². The van der Waals surface area contributed by atoms with E-state index < -0.39 is 18.2 Å². The molecule has 1 unspecified atom stereocenters. The normalized spacial score (nSPS) is 22.9. The lowest BCUT2D eigenvalue weighted by Gasteiger charge is -2.40. The first-order valence-electron chi connectivity index (χ1n) is 13.2. The van der Waals surface area contributed by atoms with Gasteiger partial charge < -0.3 is 24.8 Å². The van der Waals surface area contributed by atoms with Crippen LogP contribution in [-0.4, -0.2) is 71.4 Å². The van der Waals surface area contributed by atoms with Crippen LogP contribution >= 0.6 is 0 Å². The van der Waals surface area contributed by atoms with Crippen molar-refractivity contribution in [1.29, 1.82) is 0 Å². The maximum Gasteiger partial charge on any atom is 0.320 e. The van der Waals surface area contributed by atoms with Crippen molar-refractivity contribution < 1.29 is 19.4 Å². The number of nitrogens with zero attached hydrogens (tertiary/aromatic N) is 3. The van der Waals surface area contributed by atoms with Gasteiger partial charge in [-0.2, -0.15) is 0 Å². The molecule has 2 heterocycles. The van der Waals surface area contributed by atoms with E-state index in [2.05, 4.69) is 47.6 Å². The molecule has 0 spiro atoms. The van der Waals surface area contributed by atoms with E-state index in [9.17, 15) is 9.90 Å². The van der Waals surface area contributed by atoms with Crippen LogP contribution in [0.25, 0.3) is 5.69 Å². The van der Waals surface area contributed by atoms with Crippen LogP contribution in [0.5, 0.6) is 5.88 Å². The zero-order valence-corrected chi connectivity index (χ0v) is 22.5. The van der Waals surface area contributed by atoms with E-state index in [0.29, 0.717) is 36.9 Å². The Hall–Kier alpha value is -3.40. The van der Waals surface area contributed by atoms with Crippen LogP contribution < -0.4 is 15.4 Å². The van der Waals surface area contributed by atoms with E-state index in [4.69, 9.17) is 9.47 Å². The van der Waals surface area contributed by atoms with Crippen molar-refractivity contribution in [2.75, 3.05) is 38.7 Å². The molecule has 38 heavy (non-hydrogen) atoms. The molecule has 3 aromatic rings. The lowest BCUT2D eigenvalue weighted by atomic mass is 9.70. The highest BCUT2D eigenvalue weighted by Crippen LogP contribution is 2.41. The second-order valence-electron chi connectivity index (χ2n) is 10.9. The van der Waals surface area contributed by atoms with Crippen molar-refractivity contribution in [1.82, 2.24) is 20.0 Å². The lowest BCUT2D eigenvalue weighted by Crippen LogP contribution is -2.45. The van der Waals surface area contributed by atoms with E-state index in [1.54, 1.807) is 4.68 Å². The van der Waals surface area contributed by atoms with E-state index in [1.165, 1.54) is 0 Å². The average Bonchev–Trinajstić information content (AvgIpc) is 3.20. The van der Waals surface area contributed by atoms with Crippen molar-refractivity contribution in [3.05, 3.63) is 71.3 Å². The Morgan fingerprint density at radius 3 is 2.68 bits per heavy atom. The molecule has 0 bridgehead atoms. The first kappa shape index (κ1) is 26.2. The van der Waals surface area contributed by atoms with Crippen LogP contribution in [0, 0.1) is 6.92 Å². The van der Waals surface area contributed by atoms with Crippen molar-refractivity contribution in [2.24, 2.45) is 0 Å². The summed E-state index contributed by atoms with van der Waals surface area (Å²) >= 11 is 0. The molecular formula is C29H37N5O4. The fourth-order valence-corrected chi connectivity index (χ4v) is 5.46. The van der Waals surface area contributed by atoms with Gasteiger partial charge in [0.05, 0.1) is 30.0 Å². The Balaban J connectivity index is 1.38. The minimum Gasteiger partial charge on any atom is -0.474 e. The van der Waals surface area contributed by atoms with Gasteiger partial charge in [0.1, 0.15) is 18.5 Å². The SMILES string of the molecule is Cc1c(OCC2CN(C)CCO2)nn(-c2ccccc2)c1NC(=O)N[C@H]1c2ccccc2C(C)(C)C[C@@H]1O. The second-order valence-corrected chi connectivity index (χ2v) is 10.9. The molecule has 0 radical (unpaired) electrons. The largest absolute Gasteiger partial charge is 0.474 e. The summed E-state index contributed by atoms with van der Waals surface area (Å²) in [6, 6.07) is 16.6. The Kier molecular flexibility index (Phi) is 7.43. The summed E-state index contributed by atoms with van der Waals surface area (Å²) in [4.78, 5) is 15.6. The van der Waals surface area contributed by atoms with Gasteiger partial charge >= 0.3 is 6.03 Å². The maximum absolute atomic E-state index is 13.3. The second kappa shape index (κ2) is 10.8. The summed E-state index contributed by atoms with van der Waals surface area (Å²) in [5.74, 6) is 0.940. The van der Waals surface area contributed by atoms with Gasteiger partial charge in [0.25, 0.3) is 0 Å². The lowest BCUT2D eigenvalue weighted by molar-refractivity contribution is -0.0411. The van der Waals surface area contributed by atoms with Crippen LogP contribution in [0.2, 0.25) is 0 Å². The molecule has 9 nitrogen and oxygen atoms in total. The number of carbonyl (C=O) groups is 1. The highest BCUT2D eigenvalue weighted by Gasteiger charge is 2.39. The fourth-order valence-electron chi connectivity index (χ4n) is 5.46. The molecule has 1 aromatic heterocycles. The molecule has 1 aliphatic carbocycles. The van der Waals surface area contributed by atoms with E-state index in [-0.39, 0.29) is 11.5 Å². The third-order valence-corrected chi connectivity index (χ3v) is 7.47. The fraction of sp³-hybridized carbons (Fsp3) is 0.448. The molecule has 202 valence electrons. The van der Waals surface area contributed by atoms with Crippen LogP contribution in [-0.2, 0) is 10.2 Å². The Labute approximate surface area is 223 Å². The Morgan fingerprint density at radius 2 is 1.92 bits per heavy atom. The number of aromatic nitrogens is 2. The summed E-state index contributed by atoms with van der Waals surface area (Å²) in [6.45, 7) is 8.83. The zero-order chi connectivity index (χ0) is 26.9. The number of hydrogen-bond donors (Lipinski definition) is 3. The van der Waals surface area contributed by atoms with Gasteiger partial charge in [-0.3, -0.25) is 5.32 Å². The number of aliphatic hydroxyl groups is 1. The number of urea groups is 1. The van der Waals surface area contributed by atoms with Gasteiger partial charge in [-0.25, -0.2) is 9.48 Å². The Morgan fingerprint density at radius 1 is 1.18 bits per heavy atom. The topological polar surface area (TPSA) is 101 Å². The number of aliphatic hydroxyl groups excluding tert-OH is 1. The first-order valence-corrected chi connectivity index (χ1v) is 13.2. The third kappa shape index (κ3) is 5.41. The summed E-state index contributed by atoms with van der Waals surface area (Å²) < 4.78 is 13.6. The number of amides is 2.